The van der Waals surface area contributed by atoms with Gasteiger partial charge < -0.3 is 20.5 Å². The zero-order chi connectivity index (χ0) is 18.2. The largest absolute Gasteiger partial charge is 0.348 e. The van der Waals surface area contributed by atoms with E-state index >= 15 is 0 Å². The molecule has 0 bridgehead atoms. The maximum Gasteiger partial charge on any atom is 0.319 e. The molecule has 0 unspecified atom stereocenters. The van der Waals surface area contributed by atoms with Gasteiger partial charge in [-0.1, -0.05) is 18.9 Å². The first kappa shape index (κ1) is 18.0. The quantitative estimate of drug-likeness (QED) is 0.770. The Morgan fingerprint density at radius 2 is 1.96 bits per heavy atom. The van der Waals surface area contributed by atoms with E-state index in [1.165, 1.54) is 12.8 Å². The molecule has 7 heteroatoms. The molecule has 3 amide bonds. The highest BCUT2D eigenvalue weighted by Gasteiger charge is 2.17. The van der Waals surface area contributed by atoms with E-state index in [9.17, 15) is 9.59 Å². The van der Waals surface area contributed by atoms with Gasteiger partial charge in [-0.15, -0.1) is 0 Å². The first-order valence-corrected chi connectivity index (χ1v) is 9.14. The number of hydrogen-bond donors (Lipinski definition) is 3. The Labute approximate surface area is 153 Å². The van der Waals surface area contributed by atoms with Crippen LogP contribution in [-0.4, -0.2) is 46.4 Å². The summed E-state index contributed by atoms with van der Waals surface area (Å²) >= 11 is 0. The van der Waals surface area contributed by atoms with E-state index in [0.717, 1.165) is 31.6 Å². The molecule has 1 aliphatic rings. The average molecular weight is 355 g/mol. The number of anilines is 1. The Hall–Kier alpha value is -2.83. The Morgan fingerprint density at radius 1 is 1.15 bits per heavy atom. The second kappa shape index (κ2) is 9.03. The first-order chi connectivity index (χ1) is 12.7. The van der Waals surface area contributed by atoms with Crippen molar-refractivity contribution in [2.45, 2.75) is 32.1 Å². The Balaban J connectivity index is 1.52. The third-order valence-corrected chi connectivity index (χ3v) is 4.50. The van der Waals surface area contributed by atoms with Crippen LogP contribution >= 0.6 is 0 Å². The summed E-state index contributed by atoms with van der Waals surface area (Å²) in [5.74, 6) is 0.0372. The van der Waals surface area contributed by atoms with Crippen molar-refractivity contribution in [2.24, 2.45) is 0 Å². The molecule has 2 heterocycles. The minimum Gasteiger partial charge on any atom is -0.348 e. The normalized spacial score (nSPS) is 14.5. The summed E-state index contributed by atoms with van der Waals surface area (Å²) in [6, 6.07) is 6.83. The van der Waals surface area contributed by atoms with Gasteiger partial charge in [-0.05, 0) is 31.0 Å². The van der Waals surface area contributed by atoms with E-state index in [1.807, 2.05) is 4.90 Å². The second-order valence-electron chi connectivity index (χ2n) is 6.49. The van der Waals surface area contributed by atoms with Crippen molar-refractivity contribution in [3.05, 3.63) is 48.0 Å². The lowest BCUT2D eigenvalue weighted by molar-refractivity contribution is 0.0761. The molecule has 3 rings (SSSR count). The molecule has 26 heavy (non-hydrogen) atoms. The number of imidazole rings is 1. The van der Waals surface area contributed by atoms with Crippen molar-refractivity contribution in [1.82, 2.24) is 20.2 Å². The molecule has 0 spiro atoms. The van der Waals surface area contributed by atoms with Crippen LogP contribution in [0.15, 0.2) is 36.8 Å². The predicted octanol–water partition coefficient (Wildman–Crippen LogP) is 2.79. The number of rotatable bonds is 5. The summed E-state index contributed by atoms with van der Waals surface area (Å²) in [6.07, 6.45) is 8.51. The summed E-state index contributed by atoms with van der Waals surface area (Å²) in [4.78, 5) is 33.6. The maximum atomic E-state index is 12.7. The van der Waals surface area contributed by atoms with Crippen molar-refractivity contribution >= 4 is 17.6 Å². The topological polar surface area (TPSA) is 90.1 Å². The Kier molecular flexibility index (Phi) is 6.24. The van der Waals surface area contributed by atoms with Crippen LogP contribution in [0.25, 0.3) is 0 Å². The number of amides is 3. The molecule has 0 saturated carbocycles. The van der Waals surface area contributed by atoms with Gasteiger partial charge in [0.1, 0.15) is 0 Å². The van der Waals surface area contributed by atoms with Gasteiger partial charge in [-0.3, -0.25) is 4.79 Å². The standard InChI is InChI=1S/C19H25N5O2/c25-18(24-10-3-1-2-4-11-24)15-6-5-7-16(12-15)23-19(26)21-9-8-17-13-20-14-22-17/h5-7,12-14H,1-4,8-11H2,(H,20,22)(H2,21,23,26). The highest BCUT2D eigenvalue weighted by Crippen LogP contribution is 2.16. The lowest BCUT2D eigenvalue weighted by Crippen LogP contribution is -2.32. The number of hydrogen-bond acceptors (Lipinski definition) is 3. The van der Waals surface area contributed by atoms with Crippen LogP contribution in [0.1, 0.15) is 41.7 Å². The average Bonchev–Trinajstić information content (AvgIpc) is 3.01. The van der Waals surface area contributed by atoms with Crippen molar-refractivity contribution in [1.29, 1.82) is 0 Å². The highest BCUT2D eigenvalue weighted by atomic mass is 16.2. The van der Waals surface area contributed by atoms with Gasteiger partial charge in [0.25, 0.3) is 5.91 Å². The molecule has 2 aromatic rings. The third kappa shape index (κ3) is 5.08. The molecule has 0 atom stereocenters. The molecule has 1 saturated heterocycles. The fourth-order valence-corrected chi connectivity index (χ4v) is 3.09. The van der Waals surface area contributed by atoms with Gasteiger partial charge in [-0.25, -0.2) is 9.78 Å². The van der Waals surface area contributed by atoms with Gasteiger partial charge in [0.2, 0.25) is 0 Å². The van der Waals surface area contributed by atoms with Gasteiger partial charge in [-0.2, -0.15) is 0 Å². The van der Waals surface area contributed by atoms with Gasteiger partial charge in [0.15, 0.2) is 0 Å². The zero-order valence-corrected chi connectivity index (χ0v) is 14.8. The third-order valence-electron chi connectivity index (χ3n) is 4.50. The lowest BCUT2D eigenvalue weighted by atomic mass is 10.1. The highest BCUT2D eigenvalue weighted by molar-refractivity contribution is 5.96. The van der Waals surface area contributed by atoms with Crippen LogP contribution in [0.2, 0.25) is 0 Å². The maximum absolute atomic E-state index is 12.7. The van der Waals surface area contributed by atoms with Crippen molar-refractivity contribution < 1.29 is 9.59 Å². The second-order valence-corrected chi connectivity index (χ2v) is 6.49. The number of urea groups is 1. The number of H-pyrrole nitrogens is 1. The fraction of sp³-hybridized carbons (Fsp3) is 0.421. The fourth-order valence-electron chi connectivity index (χ4n) is 3.09. The zero-order valence-electron chi connectivity index (χ0n) is 14.8. The Bertz CT molecular complexity index is 721. The summed E-state index contributed by atoms with van der Waals surface area (Å²) < 4.78 is 0. The monoisotopic (exact) mass is 355 g/mol. The van der Waals surface area contributed by atoms with Gasteiger partial charge in [0.05, 0.1) is 6.33 Å². The van der Waals surface area contributed by atoms with E-state index in [-0.39, 0.29) is 11.9 Å². The number of benzene rings is 1. The van der Waals surface area contributed by atoms with Crippen LogP contribution in [-0.2, 0) is 6.42 Å². The lowest BCUT2D eigenvalue weighted by Gasteiger charge is -2.20. The molecular formula is C19H25N5O2. The van der Waals surface area contributed by atoms with Crippen LogP contribution in [0.3, 0.4) is 0 Å². The van der Waals surface area contributed by atoms with E-state index in [2.05, 4.69) is 20.6 Å². The number of aromatic nitrogens is 2. The number of aromatic amines is 1. The van der Waals surface area contributed by atoms with Crippen molar-refractivity contribution in [3.63, 3.8) is 0 Å². The van der Waals surface area contributed by atoms with E-state index in [1.54, 1.807) is 36.8 Å². The molecule has 0 aliphatic carbocycles. The molecule has 1 aromatic heterocycles. The number of nitrogens with one attached hydrogen (secondary N) is 3. The number of carbonyl (C=O) groups is 2. The Morgan fingerprint density at radius 3 is 2.69 bits per heavy atom. The SMILES string of the molecule is O=C(NCCc1cnc[nH]1)Nc1cccc(C(=O)N2CCCCCC2)c1. The minimum absolute atomic E-state index is 0.0372. The van der Waals surface area contributed by atoms with Crippen LogP contribution in [0.4, 0.5) is 10.5 Å². The summed E-state index contributed by atoms with van der Waals surface area (Å²) in [6.45, 7) is 2.12. The van der Waals surface area contributed by atoms with Crippen LogP contribution in [0, 0.1) is 0 Å². The van der Waals surface area contributed by atoms with E-state index in [0.29, 0.717) is 24.2 Å². The van der Waals surface area contributed by atoms with E-state index in [4.69, 9.17) is 0 Å². The van der Waals surface area contributed by atoms with Crippen LogP contribution < -0.4 is 10.6 Å². The molecule has 3 N–H and O–H groups in total. The van der Waals surface area contributed by atoms with Crippen LogP contribution in [0.5, 0.6) is 0 Å². The van der Waals surface area contributed by atoms with Gasteiger partial charge >= 0.3 is 6.03 Å². The predicted molar refractivity (Wildman–Crippen MR) is 100 cm³/mol. The molecule has 138 valence electrons. The van der Waals surface area contributed by atoms with Gasteiger partial charge in [0, 0.05) is 49.2 Å². The first-order valence-electron chi connectivity index (χ1n) is 9.14. The van der Waals surface area contributed by atoms with E-state index < -0.39 is 0 Å². The number of likely N-dealkylation sites (tertiary alicyclic amines) is 1. The summed E-state index contributed by atoms with van der Waals surface area (Å²) in [7, 11) is 0. The number of carbonyl (C=O) groups excluding carboxylic acids is 2. The number of nitrogens with zero attached hydrogens (tertiary/aromatic N) is 2. The summed E-state index contributed by atoms with van der Waals surface area (Å²) in [5, 5.41) is 5.58. The van der Waals surface area contributed by atoms with Crippen molar-refractivity contribution in [3.8, 4) is 0 Å². The summed E-state index contributed by atoms with van der Waals surface area (Å²) in [5.41, 5.74) is 2.20. The smallest absolute Gasteiger partial charge is 0.319 e. The molecule has 0 radical (unpaired) electrons. The molecule has 1 aromatic carbocycles. The molecule has 1 aliphatic heterocycles. The molecule has 7 nitrogen and oxygen atoms in total. The minimum atomic E-state index is -0.288. The molecule has 1 fully saturated rings. The van der Waals surface area contributed by atoms with Crippen molar-refractivity contribution in [2.75, 3.05) is 25.0 Å². The molecular weight excluding hydrogens is 330 g/mol.